The zero-order valence-corrected chi connectivity index (χ0v) is 14.1. The molecule has 1 aliphatic rings. The normalized spacial score (nSPS) is 14.9. The average molecular weight is 340 g/mol. The van der Waals surface area contributed by atoms with Crippen LogP contribution >= 0.6 is 0 Å². The summed E-state index contributed by atoms with van der Waals surface area (Å²) in [6.45, 7) is 3.93. The molecule has 1 aliphatic heterocycles. The van der Waals surface area contributed by atoms with Crippen molar-refractivity contribution in [2.24, 2.45) is 7.05 Å². The zero-order chi connectivity index (χ0) is 17.1. The van der Waals surface area contributed by atoms with E-state index in [-0.39, 0.29) is 0 Å². The summed E-state index contributed by atoms with van der Waals surface area (Å²) in [6, 6.07) is 2.11. The fourth-order valence-corrected chi connectivity index (χ4v) is 2.95. The van der Waals surface area contributed by atoms with Gasteiger partial charge in [-0.2, -0.15) is 0 Å². The molecule has 0 saturated carbocycles. The van der Waals surface area contributed by atoms with E-state index in [9.17, 15) is 0 Å². The van der Waals surface area contributed by atoms with E-state index in [0.29, 0.717) is 12.6 Å². The highest BCUT2D eigenvalue weighted by molar-refractivity contribution is 5.02. The van der Waals surface area contributed by atoms with Crippen LogP contribution in [0.5, 0.6) is 6.01 Å². The maximum absolute atomic E-state index is 5.61. The minimum Gasteiger partial charge on any atom is -0.455 e. The smallest absolute Gasteiger partial charge is 0.316 e. The van der Waals surface area contributed by atoms with Crippen LogP contribution in [0.3, 0.4) is 0 Å². The second kappa shape index (κ2) is 6.98. The summed E-state index contributed by atoms with van der Waals surface area (Å²) in [7, 11) is 2.02. The number of nitrogens with zero attached hydrogens (tertiary/aromatic N) is 8. The summed E-state index contributed by atoms with van der Waals surface area (Å²) in [5.41, 5.74) is 1.21. The van der Waals surface area contributed by atoms with Gasteiger partial charge in [-0.1, -0.05) is 0 Å². The highest BCUT2D eigenvalue weighted by atomic mass is 16.5. The number of imidazole rings is 1. The molecule has 0 aliphatic carbocycles. The lowest BCUT2D eigenvalue weighted by Crippen LogP contribution is -2.27. The summed E-state index contributed by atoms with van der Waals surface area (Å²) in [6.07, 6.45) is 7.94. The summed E-state index contributed by atoms with van der Waals surface area (Å²) in [5, 5.41) is 8.60. The molecule has 4 rings (SSSR count). The first kappa shape index (κ1) is 15.7. The number of hydrogen-bond donors (Lipinski definition) is 0. The maximum Gasteiger partial charge on any atom is 0.316 e. The molecule has 0 spiro atoms. The van der Waals surface area contributed by atoms with Gasteiger partial charge in [-0.15, -0.1) is 10.2 Å². The monoisotopic (exact) mass is 340 g/mol. The molecule has 9 nitrogen and oxygen atoms in total. The van der Waals surface area contributed by atoms with Gasteiger partial charge in [0.2, 0.25) is 0 Å². The van der Waals surface area contributed by atoms with Crippen molar-refractivity contribution in [3.8, 4) is 6.01 Å². The Morgan fingerprint density at radius 2 is 2.00 bits per heavy atom. The van der Waals surface area contributed by atoms with Crippen LogP contribution in [0.25, 0.3) is 0 Å². The Bertz CT molecular complexity index is 828. The third kappa shape index (κ3) is 3.50. The van der Waals surface area contributed by atoms with E-state index in [2.05, 4.69) is 39.2 Å². The second-order valence-electron chi connectivity index (χ2n) is 6.03. The van der Waals surface area contributed by atoms with Crippen LogP contribution in [0.2, 0.25) is 0 Å². The molecule has 0 saturated heterocycles. The van der Waals surface area contributed by atoms with Crippen LogP contribution in [0.4, 0.5) is 0 Å². The Kier molecular flexibility index (Phi) is 4.38. The first-order chi connectivity index (χ1) is 12.3. The number of hydrogen-bond acceptors (Lipinski definition) is 7. The SMILES string of the molecule is Cn1cncc1CN1CCc2nnc(COc3ncccn3)n2CC1. The van der Waals surface area contributed by atoms with Crippen LogP contribution in [0.15, 0.2) is 31.0 Å². The molecule has 3 aromatic heterocycles. The lowest BCUT2D eigenvalue weighted by molar-refractivity contribution is 0.251. The molecule has 0 fully saturated rings. The van der Waals surface area contributed by atoms with Gasteiger partial charge in [0, 0.05) is 58.2 Å². The van der Waals surface area contributed by atoms with Gasteiger partial charge in [0.25, 0.3) is 0 Å². The third-order valence-corrected chi connectivity index (χ3v) is 4.37. The van der Waals surface area contributed by atoms with Gasteiger partial charge in [-0.05, 0) is 6.07 Å². The minimum absolute atomic E-state index is 0.318. The maximum atomic E-state index is 5.61. The molecule has 0 radical (unpaired) electrons. The summed E-state index contributed by atoms with van der Waals surface area (Å²) in [4.78, 5) is 14.7. The Balaban J connectivity index is 1.40. The van der Waals surface area contributed by atoms with Gasteiger partial charge in [-0.25, -0.2) is 15.0 Å². The fourth-order valence-electron chi connectivity index (χ4n) is 2.95. The molecule has 4 heterocycles. The Labute approximate surface area is 145 Å². The van der Waals surface area contributed by atoms with Crippen molar-refractivity contribution in [3.05, 3.63) is 48.3 Å². The zero-order valence-electron chi connectivity index (χ0n) is 14.1. The number of rotatable bonds is 5. The predicted molar refractivity (Wildman–Crippen MR) is 88.6 cm³/mol. The van der Waals surface area contributed by atoms with Crippen molar-refractivity contribution in [2.45, 2.75) is 26.1 Å². The van der Waals surface area contributed by atoms with E-state index >= 15 is 0 Å². The van der Waals surface area contributed by atoms with Crippen molar-refractivity contribution >= 4 is 0 Å². The van der Waals surface area contributed by atoms with Gasteiger partial charge in [0.15, 0.2) is 12.4 Å². The van der Waals surface area contributed by atoms with Crippen molar-refractivity contribution in [2.75, 3.05) is 13.1 Å². The van der Waals surface area contributed by atoms with E-state index < -0.39 is 0 Å². The highest BCUT2D eigenvalue weighted by Gasteiger charge is 2.19. The summed E-state index contributed by atoms with van der Waals surface area (Å²) in [5.74, 6) is 1.81. The molecule has 130 valence electrons. The molecule has 0 bridgehead atoms. The first-order valence-corrected chi connectivity index (χ1v) is 8.28. The van der Waals surface area contributed by atoms with Crippen molar-refractivity contribution < 1.29 is 4.74 Å². The Morgan fingerprint density at radius 1 is 1.12 bits per heavy atom. The van der Waals surface area contributed by atoms with Crippen LogP contribution in [0.1, 0.15) is 17.3 Å². The lowest BCUT2D eigenvalue weighted by atomic mass is 10.3. The number of ether oxygens (including phenoxy) is 1. The number of aromatic nitrogens is 7. The minimum atomic E-state index is 0.318. The quantitative estimate of drug-likeness (QED) is 0.666. The van der Waals surface area contributed by atoms with Crippen LogP contribution in [-0.2, 0) is 33.2 Å². The van der Waals surface area contributed by atoms with E-state index in [4.69, 9.17) is 4.74 Å². The van der Waals surface area contributed by atoms with E-state index in [1.807, 2.05) is 19.6 Å². The summed E-state index contributed by atoms with van der Waals surface area (Å²) < 4.78 is 9.82. The van der Waals surface area contributed by atoms with E-state index in [1.54, 1.807) is 18.5 Å². The molecule has 0 unspecified atom stereocenters. The van der Waals surface area contributed by atoms with Crippen molar-refractivity contribution in [1.82, 2.24) is 39.2 Å². The van der Waals surface area contributed by atoms with E-state index in [1.165, 1.54) is 5.69 Å². The third-order valence-electron chi connectivity index (χ3n) is 4.37. The molecular formula is C16H20N8O. The van der Waals surface area contributed by atoms with Gasteiger partial charge in [0.1, 0.15) is 5.82 Å². The molecule has 0 atom stereocenters. The topological polar surface area (TPSA) is 86.8 Å². The Hall–Kier alpha value is -2.81. The fraction of sp³-hybridized carbons (Fsp3) is 0.438. The van der Waals surface area contributed by atoms with Crippen LogP contribution < -0.4 is 4.74 Å². The van der Waals surface area contributed by atoms with Crippen molar-refractivity contribution in [1.29, 1.82) is 0 Å². The Morgan fingerprint density at radius 3 is 2.80 bits per heavy atom. The molecule has 25 heavy (non-hydrogen) atoms. The molecule has 0 amide bonds. The largest absolute Gasteiger partial charge is 0.455 e. The molecule has 0 aromatic carbocycles. The molecular weight excluding hydrogens is 320 g/mol. The van der Waals surface area contributed by atoms with Crippen LogP contribution in [-0.4, -0.2) is 52.3 Å². The van der Waals surface area contributed by atoms with E-state index in [0.717, 1.165) is 44.2 Å². The lowest BCUT2D eigenvalue weighted by Gasteiger charge is -2.19. The standard InChI is InChI=1S/C16H20N8O/c1-22-12-17-9-13(22)10-23-6-3-14-20-21-15(24(14)8-7-23)11-25-16-18-4-2-5-19-16/h2,4-5,9,12H,3,6-8,10-11H2,1H3. The van der Waals surface area contributed by atoms with Crippen LogP contribution in [0, 0.1) is 0 Å². The van der Waals surface area contributed by atoms with Crippen molar-refractivity contribution in [3.63, 3.8) is 0 Å². The first-order valence-electron chi connectivity index (χ1n) is 8.28. The predicted octanol–water partition coefficient (Wildman–Crippen LogP) is 0.439. The molecule has 9 heteroatoms. The molecule has 3 aromatic rings. The highest BCUT2D eigenvalue weighted by Crippen LogP contribution is 2.13. The average Bonchev–Trinajstić information content (AvgIpc) is 3.16. The molecule has 0 N–H and O–H groups in total. The second-order valence-corrected chi connectivity index (χ2v) is 6.03. The van der Waals surface area contributed by atoms with Gasteiger partial charge < -0.3 is 13.9 Å². The van der Waals surface area contributed by atoms with Gasteiger partial charge in [0.05, 0.1) is 12.0 Å². The number of fused-ring (bicyclic) bond motifs is 1. The number of aryl methyl sites for hydroxylation is 1. The van der Waals surface area contributed by atoms with Gasteiger partial charge >= 0.3 is 6.01 Å². The summed E-state index contributed by atoms with van der Waals surface area (Å²) >= 11 is 0. The van der Waals surface area contributed by atoms with Gasteiger partial charge in [-0.3, -0.25) is 4.90 Å².